The van der Waals surface area contributed by atoms with Crippen LogP contribution in [0.15, 0.2) is 59.7 Å². The van der Waals surface area contributed by atoms with Gasteiger partial charge in [-0.2, -0.15) is 5.10 Å². The highest BCUT2D eigenvalue weighted by molar-refractivity contribution is 5.99. The normalized spacial score (nSPS) is 12.4. The Morgan fingerprint density at radius 3 is 2.35 bits per heavy atom. The molecule has 23 heavy (non-hydrogen) atoms. The summed E-state index contributed by atoms with van der Waals surface area (Å²) >= 11 is 0. The zero-order valence-corrected chi connectivity index (χ0v) is 13.5. The topological polar surface area (TPSA) is 62.7 Å². The number of hydrazone groups is 1. The van der Waals surface area contributed by atoms with Crippen molar-refractivity contribution in [3.63, 3.8) is 0 Å². The van der Waals surface area contributed by atoms with E-state index in [2.05, 4.69) is 15.8 Å². The van der Waals surface area contributed by atoms with Crippen molar-refractivity contribution in [3.05, 3.63) is 60.2 Å². The molecule has 0 heterocycles. The smallest absolute Gasteiger partial charge is 0.262 e. The number of nitrogens with one attached hydrogen (secondary N) is 2. The molecular weight excluding hydrogens is 290 g/mol. The molecule has 1 amide bonds. The molecule has 0 bridgehead atoms. The van der Waals surface area contributed by atoms with Crippen LogP contribution in [0.2, 0.25) is 0 Å². The van der Waals surface area contributed by atoms with Crippen molar-refractivity contribution < 1.29 is 9.53 Å². The van der Waals surface area contributed by atoms with Gasteiger partial charge in [0.05, 0.1) is 12.8 Å². The Kier molecular flexibility index (Phi) is 5.74. The molecular formula is C18H21N3O2. The second kappa shape index (κ2) is 7.98. The highest BCUT2D eigenvalue weighted by Gasteiger charge is 2.11. The van der Waals surface area contributed by atoms with E-state index < -0.39 is 0 Å². The first kappa shape index (κ1) is 16.5. The fraction of sp³-hybridized carbons (Fsp3) is 0.222. The number of ether oxygens (including phenoxy) is 1. The average Bonchev–Trinajstić information content (AvgIpc) is 2.60. The van der Waals surface area contributed by atoms with E-state index in [1.54, 1.807) is 14.0 Å². The van der Waals surface area contributed by atoms with Gasteiger partial charge in [0, 0.05) is 5.69 Å². The van der Waals surface area contributed by atoms with Crippen LogP contribution < -0.4 is 15.5 Å². The van der Waals surface area contributed by atoms with Gasteiger partial charge in [0.2, 0.25) is 0 Å². The van der Waals surface area contributed by atoms with E-state index in [1.807, 2.05) is 61.5 Å². The number of anilines is 1. The maximum Gasteiger partial charge on any atom is 0.262 e. The third-order valence-corrected chi connectivity index (χ3v) is 3.39. The van der Waals surface area contributed by atoms with Gasteiger partial charge in [0.1, 0.15) is 11.8 Å². The van der Waals surface area contributed by atoms with Crippen LogP contribution >= 0.6 is 0 Å². The number of hydrogen-bond donors (Lipinski definition) is 2. The standard InChI is InChI=1S/C18H21N3O2/c1-13(15-9-11-17(23-3)12-10-15)20-21-18(22)14(2)19-16-7-5-4-6-8-16/h4-12,14,19H,1-3H3,(H,21,22)/b20-13+. The van der Waals surface area contributed by atoms with Gasteiger partial charge < -0.3 is 10.1 Å². The van der Waals surface area contributed by atoms with Crippen LogP contribution in [0.1, 0.15) is 19.4 Å². The molecule has 1 atom stereocenters. The molecule has 0 aliphatic carbocycles. The molecule has 0 aromatic heterocycles. The molecule has 2 aromatic carbocycles. The molecule has 0 fully saturated rings. The van der Waals surface area contributed by atoms with Crippen LogP contribution in [0.25, 0.3) is 0 Å². The summed E-state index contributed by atoms with van der Waals surface area (Å²) < 4.78 is 5.12. The van der Waals surface area contributed by atoms with E-state index in [9.17, 15) is 4.79 Å². The van der Waals surface area contributed by atoms with E-state index in [0.717, 1.165) is 22.7 Å². The number of benzene rings is 2. The van der Waals surface area contributed by atoms with E-state index in [0.29, 0.717) is 0 Å². The molecule has 120 valence electrons. The van der Waals surface area contributed by atoms with Gasteiger partial charge >= 0.3 is 0 Å². The first-order valence-corrected chi connectivity index (χ1v) is 7.40. The van der Waals surface area contributed by atoms with Crippen molar-refractivity contribution in [2.24, 2.45) is 5.10 Å². The van der Waals surface area contributed by atoms with Gasteiger partial charge in [-0.1, -0.05) is 18.2 Å². The van der Waals surface area contributed by atoms with Crippen molar-refractivity contribution >= 4 is 17.3 Å². The maximum atomic E-state index is 12.1. The van der Waals surface area contributed by atoms with Crippen molar-refractivity contribution in [1.82, 2.24) is 5.43 Å². The third-order valence-electron chi connectivity index (χ3n) is 3.39. The minimum absolute atomic E-state index is 0.193. The second-order valence-electron chi connectivity index (χ2n) is 5.13. The van der Waals surface area contributed by atoms with Crippen LogP contribution in [-0.4, -0.2) is 24.8 Å². The Hall–Kier alpha value is -2.82. The molecule has 2 N–H and O–H groups in total. The lowest BCUT2D eigenvalue weighted by molar-refractivity contribution is -0.121. The summed E-state index contributed by atoms with van der Waals surface area (Å²) in [5.74, 6) is 0.591. The molecule has 0 radical (unpaired) electrons. The van der Waals surface area contributed by atoms with E-state index >= 15 is 0 Å². The summed E-state index contributed by atoms with van der Waals surface area (Å²) in [5.41, 5.74) is 5.13. The summed E-state index contributed by atoms with van der Waals surface area (Å²) in [6.07, 6.45) is 0. The fourth-order valence-corrected chi connectivity index (χ4v) is 1.98. The molecule has 0 saturated heterocycles. The molecule has 0 saturated carbocycles. The molecule has 1 unspecified atom stereocenters. The zero-order valence-electron chi connectivity index (χ0n) is 13.5. The second-order valence-corrected chi connectivity index (χ2v) is 5.13. The first-order valence-electron chi connectivity index (χ1n) is 7.40. The highest BCUT2D eigenvalue weighted by Crippen LogP contribution is 2.12. The number of nitrogens with zero attached hydrogens (tertiary/aromatic N) is 1. The SMILES string of the molecule is COc1ccc(/C(C)=N/NC(=O)C(C)Nc2ccccc2)cc1. The quantitative estimate of drug-likeness (QED) is 0.637. The lowest BCUT2D eigenvalue weighted by atomic mass is 10.1. The number of rotatable bonds is 6. The van der Waals surface area contributed by atoms with E-state index in [-0.39, 0.29) is 11.9 Å². The average molecular weight is 311 g/mol. The van der Waals surface area contributed by atoms with Gasteiger partial charge in [0.15, 0.2) is 0 Å². The predicted molar refractivity (Wildman–Crippen MR) is 92.9 cm³/mol. The number of para-hydroxylation sites is 1. The molecule has 0 spiro atoms. The van der Waals surface area contributed by atoms with Crippen LogP contribution in [0, 0.1) is 0 Å². The van der Waals surface area contributed by atoms with Crippen LogP contribution in [0.5, 0.6) is 5.75 Å². The Labute approximate surface area is 136 Å². The van der Waals surface area contributed by atoms with Gasteiger partial charge in [-0.05, 0) is 55.8 Å². The van der Waals surface area contributed by atoms with Crippen molar-refractivity contribution in [1.29, 1.82) is 0 Å². The van der Waals surface area contributed by atoms with Gasteiger partial charge in [0.25, 0.3) is 5.91 Å². The minimum Gasteiger partial charge on any atom is -0.497 e. The Balaban J connectivity index is 1.93. The van der Waals surface area contributed by atoms with Crippen LogP contribution in [0.3, 0.4) is 0 Å². The lowest BCUT2D eigenvalue weighted by Gasteiger charge is -2.13. The summed E-state index contributed by atoms with van der Waals surface area (Å²) in [5, 5.41) is 7.27. The number of hydrogen-bond acceptors (Lipinski definition) is 4. The summed E-state index contributed by atoms with van der Waals surface area (Å²) in [6, 6.07) is 16.7. The Bertz CT molecular complexity index is 666. The number of methoxy groups -OCH3 is 1. The molecule has 0 aliphatic heterocycles. The number of carbonyl (C=O) groups excluding carboxylic acids is 1. The van der Waals surface area contributed by atoms with E-state index in [4.69, 9.17) is 4.74 Å². The highest BCUT2D eigenvalue weighted by atomic mass is 16.5. The minimum atomic E-state index is -0.384. The molecule has 5 nitrogen and oxygen atoms in total. The third kappa shape index (κ3) is 4.85. The Morgan fingerprint density at radius 1 is 1.09 bits per heavy atom. The van der Waals surface area contributed by atoms with Gasteiger partial charge in [-0.15, -0.1) is 0 Å². The maximum absolute atomic E-state index is 12.1. The van der Waals surface area contributed by atoms with E-state index in [1.165, 1.54) is 0 Å². The van der Waals surface area contributed by atoms with Gasteiger partial charge in [-0.3, -0.25) is 4.79 Å². The molecule has 5 heteroatoms. The Morgan fingerprint density at radius 2 is 1.74 bits per heavy atom. The lowest BCUT2D eigenvalue weighted by Crippen LogP contribution is -2.35. The van der Waals surface area contributed by atoms with Gasteiger partial charge in [-0.25, -0.2) is 5.43 Å². The van der Waals surface area contributed by atoms with Crippen molar-refractivity contribution in [3.8, 4) is 5.75 Å². The molecule has 2 rings (SSSR count). The van der Waals surface area contributed by atoms with Crippen LogP contribution in [-0.2, 0) is 4.79 Å². The summed E-state index contributed by atoms with van der Waals surface area (Å²) in [6.45, 7) is 3.64. The first-order chi connectivity index (χ1) is 11.1. The summed E-state index contributed by atoms with van der Waals surface area (Å²) in [4.78, 5) is 12.1. The zero-order chi connectivity index (χ0) is 16.7. The molecule has 0 aliphatic rings. The number of amides is 1. The van der Waals surface area contributed by atoms with Crippen molar-refractivity contribution in [2.45, 2.75) is 19.9 Å². The van der Waals surface area contributed by atoms with Crippen molar-refractivity contribution in [2.75, 3.05) is 12.4 Å². The fourth-order valence-electron chi connectivity index (χ4n) is 1.98. The molecule has 2 aromatic rings. The largest absolute Gasteiger partial charge is 0.497 e. The van der Waals surface area contributed by atoms with Crippen LogP contribution in [0.4, 0.5) is 5.69 Å². The number of carbonyl (C=O) groups is 1. The summed E-state index contributed by atoms with van der Waals surface area (Å²) in [7, 11) is 1.62. The predicted octanol–water partition coefficient (Wildman–Crippen LogP) is 3.04. The monoisotopic (exact) mass is 311 g/mol.